The Kier molecular flexibility index (Phi) is 10.3. The maximum Gasteiger partial charge on any atom is 0.191 e. The molecule has 0 unspecified atom stereocenters. The Bertz CT molecular complexity index is 344. The first-order valence-electron chi connectivity index (χ1n) is 7.63. The quantitative estimate of drug-likeness (QED) is 0.373. The highest BCUT2D eigenvalue weighted by Gasteiger charge is 2.28. The van der Waals surface area contributed by atoms with Gasteiger partial charge in [0.15, 0.2) is 5.96 Å². The fourth-order valence-electron chi connectivity index (χ4n) is 2.17. The fraction of sp³-hybridized carbons (Fsp3) is 0.933. The number of rotatable bonds is 6. The highest BCUT2D eigenvalue weighted by molar-refractivity contribution is 14.0. The van der Waals surface area contributed by atoms with E-state index in [0.29, 0.717) is 0 Å². The van der Waals surface area contributed by atoms with E-state index in [9.17, 15) is 0 Å². The molecule has 0 aromatic carbocycles. The Labute approximate surface area is 157 Å². The Balaban J connectivity index is 0.00000441. The number of thioether (sulfide) groups is 1. The second-order valence-corrected chi connectivity index (χ2v) is 8.17. The summed E-state index contributed by atoms with van der Waals surface area (Å²) in [4.78, 5) is 6.79. The zero-order valence-electron chi connectivity index (χ0n) is 14.9. The van der Waals surface area contributed by atoms with E-state index in [2.05, 4.69) is 54.5 Å². The topological polar surface area (TPSA) is 48.9 Å². The molecule has 1 aliphatic rings. The van der Waals surface area contributed by atoms with Crippen LogP contribution in [-0.2, 0) is 4.74 Å². The molecule has 22 heavy (non-hydrogen) atoms. The number of morpholine rings is 1. The molecule has 0 bridgehead atoms. The van der Waals surface area contributed by atoms with Gasteiger partial charge in [-0.3, -0.25) is 9.89 Å². The van der Waals surface area contributed by atoms with Crippen LogP contribution >= 0.6 is 35.7 Å². The number of nitrogens with one attached hydrogen (secondary N) is 2. The molecule has 2 N–H and O–H groups in total. The molecule has 132 valence electrons. The highest BCUT2D eigenvalue weighted by atomic mass is 127. The minimum atomic E-state index is 0. The molecular weight excluding hydrogens is 411 g/mol. The SMILES string of the molecule is CN=C(NCC(C)(C)SC)NCC(C)(C)N1CCOCC1.I. The first-order valence-corrected chi connectivity index (χ1v) is 8.86. The highest BCUT2D eigenvalue weighted by Crippen LogP contribution is 2.19. The van der Waals surface area contributed by atoms with Gasteiger partial charge in [0.2, 0.25) is 0 Å². The summed E-state index contributed by atoms with van der Waals surface area (Å²) in [5.74, 6) is 0.874. The van der Waals surface area contributed by atoms with Gasteiger partial charge in [0.25, 0.3) is 0 Å². The summed E-state index contributed by atoms with van der Waals surface area (Å²) in [6.45, 7) is 14.4. The molecule has 0 radical (unpaired) electrons. The number of ether oxygens (including phenoxy) is 1. The minimum absolute atomic E-state index is 0. The summed E-state index contributed by atoms with van der Waals surface area (Å²) in [6.07, 6.45) is 2.14. The van der Waals surface area contributed by atoms with Crippen molar-refractivity contribution in [1.29, 1.82) is 0 Å². The predicted octanol–water partition coefficient (Wildman–Crippen LogP) is 2.02. The van der Waals surface area contributed by atoms with Crippen molar-refractivity contribution in [3.8, 4) is 0 Å². The van der Waals surface area contributed by atoms with Gasteiger partial charge in [-0.05, 0) is 34.0 Å². The van der Waals surface area contributed by atoms with Crippen molar-refractivity contribution < 1.29 is 4.74 Å². The number of halogens is 1. The van der Waals surface area contributed by atoms with E-state index in [-0.39, 0.29) is 34.3 Å². The maximum absolute atomic E-state index is 5.43. The summed E-state index contributed by atoms with van der Waals surface area (Å²) >= 11 is 1.86. The average molecular weight is 444 g/mol. The van der Waals surface area contributed by atoms with Gasteiger partial charge in [-0.15, -0.1) is 24.0 Å². The van der Waals surface area contributed by atoms with Crippen LogP contribution in [0.5, 0.6) is 0 Å². The first-order chi connectivity index (χ1) is 9.80. The van der Waals surface area contributed by atoms with E-state index in [4.69, 9.17) is 4.74 Å². The average Bonchev–Trinajstić information content (AvgIpc) is 2.48. The van der Waals surface area contributed by atoms with Gasteiger partial charge < -0.3 is 15.4 Å². The molecule has 0 aromatic rings. The number of hydrogen-bond donors (Lipinski definition) is 2. The lowest BCUT2D eigenvalue weighted by molar-refractivity contribution is -0.00834. The summed E-state index contributed by atoms with van der Waals surface area (Å²) in [7, 11) is 1.82. The zero-order valence-corrected chi connectivity index (χ0v) is 18.0. The third-order valence-electron chi connectivity index (χ3n) is 4.01. The van der Waals surface area contributed by atoms with Crippen molar-refractivity contribution in [2.24, 2.45) is 4.99 Å². The van der Waals surface area contributed by atoms with Crippen LogP contribution in [0.25, 0.3) is 0 Å². The summed E-state index contributed by atoms with van der Waals surface area (Å²) in [5.41, 5.74) is 0.0937. The van der Waals surface area contributed by atoms with Crippen molar-refractivity contribution >= 4 is 41.7 Å². The van der Waals surface area contributed by atoms with Crippen molar-refractivity contribution in [1.82, 2.24) is 15.5 Å². The van der Waals surface area contributed by atoms with Gasteiger partial charge in [0, 0.05) is 43.5 Å². The lowest BCUT2D eigenvalue weighted by Gasteiger charge is -2.41. The van der Waals surface area contributed by atoms with Gasteiger partial charge in [0.05, 0.1) is 13.2 Å². The molecule has 1 rings (SSSR count). The fourth-order valence-corrected chi connectivity index (χ4v) is 2.39. The molecule has 1 aliphatic heterocycles. The van der Waals surface area contributed by atoms with E-state index in [0.717, 1.165) is 45.4 Å². The Morgan fingerprint density at radius 1 is 1.14 bits per heavy atom. The van der Waals surface area contributed by atoms with Gasteiger partial charge in [-0.1, -0.05) is 0 Å². The number of guanidine groups is 1. The van der Waals surface area contributed by atoms with Crippen LogP contribution in [0.15, 0.2) is 4.99 Å². The van der Waals surface area contributed by atoms with Crippen molar-refractivity contribution in [3.63, 3.8) is 0 Å². The Hall–Kier alpha value is 0.270. The third-order valence-corrected chi connectivity index (χ3v) is 5.26. The summed E-state index contributed by atoms with van der Waals surface area (Å²) in [5, 5.41) is 6.86. The number of hydrogen-bond acceptors (Lipinski definition) is 4. The third kappa shape index (κ3) is 7.70. The monoisotopic (exact) mass is 444 g/mol. The van der Waals surface area contributed by atoms with Crippen molar-refractivity contribution in [3.05, 3.63) is 0 Å². The lowest BCUT2D eigenvalue weighted by atomic mass is 10.0. The number of nitrogens with zero attached hydrogens (tertiary/aromatic N) is 2. The van der Waals surface area contributed by atoms with Crippen LogP contribution in [-0.4, -0.2) is 73.8 Å². The smallest absolute Gasteiger partial charge is 0.191 e. The van der Waals surface area contributed by atoms with Crippen LogP contribution in [0.3, 0.4) is 0 Å². The number of aliphatic imine (C=N–C) groups is 1. The minimum Gasteiger partial charge on any atom is -0.379 e. The van der Waals surface area contributed by atoms with Crippen LogP contribution in [0.1, 0.15) is 27.7 Å². The molecule has 0 atom stereocenters. The zero-order chi connectivity index (χ0) is 15.9. The van der Waals surface area contributed by atoms with Crippen molar-refractivity contribution in [2.45, 2.75) is 38.0 Å². The molecule has 1 saturated heterocycles. The van der Waals surface area contributed by atoms with Gasteiger partial charge in [-0.2, -0.15) is 11.8 Å². The molecular formula is C15H33IN4OS. The first kappa shape index (κ1) is 22.3. The Morgan fingerprint density at radius 3 is 2.18 bits per heavy atom. The predicted molar refractivity (Wildman–Crippen MR) is 109 cm³/mol. The second kappa shape index (κ2) is 10.2. The summed E-state index contributed by atoms with van der Waals surface area (Å²) in [6, 6.07) is 0. The van der Waals surface area contributed by atoms with Crippen LogP contribution in [0.4, 0.5) is 0 Å². The molecule has 0 amide bonds. The normalized spacial score (nSPS) is 17.8. The van der Waals surface area contributed by atoms with E-state index in [1.54, 1.807) is 0 Å². The molecule has 0 saturated carbocycles. The molecule has 7 heteroatoms. The molecule has 5 nitrogen and oxygen atoms in total. The van der Waals surface area contributed by atoms with E-state index >= 15 is 0 Å². The van der Waals surface area contributed by atoms with E-state index < -0.39 is 0 Å². The standard InChI is InChI=1S/C15H32N4OS.HI/c1-14(2,19-7-9-20-10-8-19)11-17-13(16-5)18-12-15(3,4)21-6;/h7-12H2,1-6H3,(H2,16,17,18);1H. The molecule has 1 heterocycles. The van der Waals surface area contributed by atoms with Crippen LogP contribution < -0.4 is 10.6 Å². The Morgan fingerprint density at radius 2 is 1.68 bits per heavy atom. The van der Waals surface area contributed by atoms with Crippen LogP contribution in [0, 0.1) is 0 Å². The summed E-state index contributed by atoms with van der Waals surface area (Å²) < 4.78 is 5.64. The maximum atomic E-state index is 5.43. The van der Waals surface area contributed by atoms with Crippen molar-refractivity contribution in [2.75, 3.05) is 52.7 Å². The molecule has 0 aliphatic carbocycles. The van der Waals surface area contributed by atoms with Gasteiger partial charge in [-0.25, -0.2) is 0 Å². The molecule has 0 spiro atoms. The lowest BCUT2D eigenvalue weighted by Crippen LogP contribution is -2.57. The van der Waals surface area contributed by atoms with E-state index in [1.807, 2.05) is 18.8 Å². The van der Waals surface area contributed by atoms with E-state index in [1.165, 1.54) is 0 Å². The van der Waals surface area contributed by atoms with Crippen LogP contribution in [0.2, 0.25) is 0 Å². The molecule has 1 fully saturated rings. The molecule has 0 aromatic heterocycles. The largest absolute Gasteiger partial charge is 0.379 e. The van der Waals surface area contributed by atoms with Gasteiger partial charge in [0.1, 0.15) is 0 Å². The second-order valence-electron chi connectivity index (χ2n) is 6.65. The van der Waals surface area contributed by atoms with Gasteiger partial charge >= 0.3 is 0 Å².